The van der Waals surface area contributed by atoms with E-state index in [0.29, 0.717) is 17.2 Å². The van der Waals surface area contributed by atoms with Gasteiger partial charge in [-0.15, -0.1) is 0 Å². The number of nitrogen functional groups attached to an aromatic ring is 1. The van der Waals surface area contributed by atoms with Gasteiger partial charge in [0.25, 0.3) is 0 Å². The van der Waals surface area contributed by atoms with E-state index in [9.17, 15) is 0 Å². The number of anilines is 1. The summed E-state index contributed by atoms with van der Waals surface area (Å²) in [6, 6.07) is 13.0. The van der Waals surface area contributed by atoms with E-state index in [1.807, 2.05) is 37.3 Å². The SMILES string of the molecule is COc1cc(CO)ccc1OC(C)c1cccc(N)c1. The summed E-state index contributed by atoms with van der Waals surface area (Å²) in [5, 5.41) is 9.13. The van der Waals surface area contributed by atoms with E-state index in [1.165, 1.54) is 0 Å². The molecule has 0 saturated heterocycles. The summed E-state index contributed by atoms with van der Waals surface area (Å²) >= 11 is 0. The zero-order valence-electron chi connectivity index (χ0n) is 11.7. The van der Waals surface area contributed by atoms with Crippen LogP contribution in [0.5, 0.6) is 11.5 Å². The molecule has 20 heavy (non-hydrogen) atoms. The minimum Gasteiger partial charge on any atom is -0.493 e. The molecule has 2 rings (SSSR count). The van der Waals surface area contributed by atoms with E-state index in [0.717, 1.165) is 11.1 Å². The number of aliphatic hydroxyl groups is 1. The monoisotopic (exact) mass is 273 g/mol. The molecule has 0 aromatic heterocycles. The second kappa shape index (κ2) is 6.30. The van der Waals surface area contributed by atoms with Crippen molar-refractivity contribution in [2.75, 3.05) is 12.8 Å². The van der Waals surface area contributed by atoms with E-state index in [2.05, 4.69) is 0 Å². The van der Waals surface area contributed by atoms with Gasteiger partial charge >= 0.3 is 0 Å². The number of nitrogens with two attached hydrogens (primary N) is 1. The molecule has 3 N–H and O–H groups in total. The van der Waals surface area contributed by atoms with Gasteiger partial charge in [-0.1, -0.05) is 18.2 Å². The Morgan fingerprint density at radius 1 is 1.15 bits per heavy atom. The lowest BCUT2D eigenvalue weighted by atomic mass is 10.1. The second-order valence-corrected chi connectivity index (χ2v) is 4.57. The van der Waals surface area contributed by atoms with E-state index < -0.39 is 0 Å². The van der Waals surface area contributed by atoms with Gasteiger partial charge in [0.05, 0.1) is 13.7 Å². The van der Waals surface area contributed by atoms with Crippen molar-refractivity contribution in [1.29, 1.82) is 0 Å². The van der Waals surface area contributed by atoms with E-state index in [4.69, 9.17) is 20.3 Å². The highest BCUT2D eigenvalue weighted by atomic mass is 16.5. The Morgan fingerprint density at radius 3 is 2.60 bits per heavy atom. The number of methoxy groups -OCH3 is 1. The summed E-state index contributed by atoms with van der Waals surface area (Å²) < 4.78 is 11.2. The van der Waals surface area contributed by atoms with E-state index >= 15 is 0 Å². The molecule has 0 aliphatic heterocycles. The molecule has 0 heterocycles. The zero-order chi connectivity index (χ0) is 14.5. The quantitative estimate of drug-likeness (QED) is 0.822. The van der Waals surface area contributed by atoms with Crippen LogP contribution in [0.4, 0.5) is 5.69 Å². The Morgan fingerprint density at radius 2 is 1.95 bits per heavy atom. The third kappa shape index (κ3) is 3.22. The van der Waals surface area contributed by atoms with Crippen molar-refractivity contribution < 1.29 is 14.6 Å². The normalized spacial score (nSPS) is 11.9. The molecule has 0 aliphatic rings. The lowest BCUT2D eigenvalue weighted by molar-refractivity contribution is 0.215. The number of hydrogen-bond donors (Lipinski definition) is 2. The van der Waals surface area contributed by atoms with Crippen LogP contribution in [0.3, 0.4) is 0 Å². The predicted molar refractivity (Wildman–Crippen MR) is 78.8 cm³/mol. The van der Waals surface area contributed by atoms with Crippen LogP contribution in [0.15, 0.2) is 42.5 Å². The molecule has 0 saturated carbocycles. The van der Waals surface area contributed by atoms with Crippen molar-refractivity contribution in [3.05, 3.63) is 53.6 Å². The average Bonchev–Trinajstić information content (AvgIpc) is 2.47. The van der Waals surface area contributed by atoms with Crippen LogP contribution in [-0.4, -0.2) is 12.2 Å². The van der Waals surface area contributed by atoms with Crippen LogP contribution < -0.4 is 15.2 Å². The van der Waals surface area contributed by atoms with Gasteiger partial charge < -0.3 is 20.3 Å². The lowest BCUT2D eigenvalue weighted by Gasteiger charge is -2.18. The topological polar surface area (TPSA) is 64.7 Å². The Bertz CT molecular complexity index is 584. The number of hydrogen-bond acceptors (Lipinski definition) is 4. The maximum atomic E-state index is 9.13. The minimum absolute atomic E-state index is 0.0264. The molecule has 106 valence electrons. The molecule has 2 aromatic carbocycles. The van der Waals surface area contributed by atoms with Crippen molar-refractivity contribution in [3.8, 4) is 11.5 Å². The first-order valence-electron chi connectivity index (χ1n) is 6.44. The predicted octanol–water partition coefficient (Wildman–Crippen LogP) is 2.91. The second-order valence-electron chi connectivity index (χ2n) is 4.57. The smallest absolute Gasteiger partial charge is 0.162 e. The van der Waals surface area contributed by atoms with Crippen molar-refractivity contribution in [2.45, 2.75) is 19.6 Å². The fraction of sp³-hybridized carbons (Fsp3) is 0.250. The van der Waals surface area contributed by atoms with Crippen LogP contribution in [0.25, 0.3) is 0 Å². The first kappa shape index (κ1) is 14.2. The largest absolute Gasteiger partial charge is 0.493 e. The third-order valence-corrected chi connectivity index (χ3v) is 3.09. The van der Waals surface area contributed by atoms with Gasteiger partial charge in [0.1, 0.15) is 6.10 Å². The van der Waals surface area contributed by atoms with Crippen molar-refractivity contribution in [3.63, 3.8) is 0 Å². The van der Waals surface area contributed by atoms with Gasteiger partial charge in [-0.25, -0.2) is 0 Å². The molecule has 2 aromatic rings. The van der Waals surface area contributed by atoms with Gasteiger partial charge in [-0.2, -0.15) is 0 Å². The highest BCUT2D eigenvalue weighted by molar-refractivity contribution is 5.44. The Labute approximate surface area is 118 Å². The average molecular weight is 273 g/mol. The molecule has 1 atom stereocenters. The van der Waals surface area contributed by atoms with Crippen LogP contribution in [0, 0.1) is 0 Å². The molecule has 0 bridgehead atoms. The van der Waals surface area contributed by atoms with E-state index in [1.54, 1.807) is 19.2 Å². The highest BCUT2D eigenvalue weighted by Crippen LogP contribution is 2.32. The number of rotatable bonds is 5. The molecule has 0 spiro atoms. The first-order valence-corrected chi connectivity index (χ1v) is 6.44. The molecule has 1 unspecified atom stereocenters. The van der Waals surface area contributed by atoms with Crippen molar-refractivity contribution in [2.24, 2.45) is 0 Å². The van der Waals surface area contributed by atoms with Crippen LogP contribution in [0.1, 0.15) is 24.2 Å². The summed E-state index contributed by atoms with van der Waals surface area (Å²) in [5.41, 5.74) is 8.27. The van der Waals surface area contributed by atoms with Crippen molar-refractivity contribution >= 4 is 5.69 Å². The molecular formula is C16H19NO3. The molecule has 0 fully saturated rings. The minimum atomic E-state index is -0.146. The fourth-order valence-corrected chi connectivity index (χ4v) is 1.98. The first-order chi connectivity index (χ1) is 9.63. The Balaban J connectivity index is 2.21. The van der Waals surface area contributed by atoms with Gasteiger partial charge in [0.15, 0.2) is 11.5 Å². The van der Waals surface area contributed by atoms with Crippen LogP contribution in [-0.2, 0) is 6.61 Å². The number of benzene rings is 2. The highest BCUT2D eigenvalue weighted by Gasteiger charge is 2.12. The van der Waals surface area contributed by atoms with Gasteiger partial charge in [0.2, 0.25) is 0 Å². The number of aliphatic hydroxyl groups excluding tert-OH is 1. The summed E-state index contributed by atoms with van der Waals surface area (Å²) in [4.78, 5) is 0. The van der Waals surface area contributed by atoms with Crippen LogP contribution >= 0.6 is 0 Å². The summed E-state index contributed by atoms with van der Waals surface area (Å²) in [6.45, 7) is 1.93. The molecule has 0 radical (unpaired) electrons. The van der Waals surface area contributed by atoms with Gasteiger partial charge in [-0.05, 0) is 42.3 Å². The van der Waals surface area contributed by atoms with Crippen LogP contribution in [0.2, 0.25) is 0 Å². The number of ether oxygens (including phenoxy) is 2. The Kier molecular flexibility index (Phi) is 4.48. The molecule has 0 aliphatic carbocycles. The molecule has 4 heteroatoms. The maximum absolute atomic E-state index is 9.13. The lowest BCUT2D eigenvalue weighted by Crippen LogP contribution is -2.05. The summed E-state index contributed by atoms with van der Waals surface area (Å²) in [6.07, 6.45) is -0.146. The molecule has 4 nitrogen and oxygen atoms in total. The molecule has 0 amide bonds. The summed E-state index contributed by atoms with van der Waals surface area (Å²) in [5.74, 6) is 1.24. The van der Waals surface area contributed by atoms with Gasteiger partial charge in [-0.3, -0.25) is 0 Å². The van der Waals surface area contributed by atoms with Gasteiger partial charge in [0, 0.05) is 5.69 Å². The zero-order valence-corrected chi connectivity index (χ0v) is 11.7. The Hall–Kier alpha value is -2.20. The van der Waals surface area contributed by atoms with E-state index in [-0.39, 0.29) is 12.7 Å². The van der Waals surface area contributed by atoms with Crippen molar-refractivity contribution in [1.82, 2.24) is 0 Å². The maximum Gasteiger partial charge on any atom is 0.162 e. The summed E-state index contributed by atoms with van der Waals surface area (Å²) in [7, 11) is 1.58. The third-order valence-electron chi connectivity index (χ3n) is 3.09. The molecular weight excluding hydrogens is 254 g/mol. The standard InChI is InChI=1S/C16H19NO3/c1-11(13-4-3-5-14(17)9-13)20-15-7-6-12(10-18)8-16(15)19-2/h3-9,11,18H,10,17H2,1-2H3. The fourth-order valence-electron chi connectivity index (χ4n) is 1.98.